The van der Waals surface area contributed by atoms with Crippen LogP contribution in [0.5, 0.6) is 0 Å². The van der Waals surface area contributed by atoms with Gasteiger partial charge in [0.2, 0.25) is 5.91 Å². The lowest BCUT2D eigenvalue weighted by Crippen LogP contribution is -2.13. The Morgan fingerprint density at radius 1 is 1.24 bits per heavy atom. The van der Waals surface area contributed by atoms with Gasteiger partial charge in [-0.1, -0.05) is 31.2 Å². The summed E-state index contributed by atoms with van der Waals surface area (Å²) in [6.45, 7) is 4.04. The number of benzene rings is 2. The first-order valence-corrected chi connectivity index (χ1v) is 6.96. The lowest BCUT2D eigenvalue weighted by atomic mass is 10.0. The molecule has 3 nitrogen and oxygen atoms in total. The Bertz CT molecular complexity index is 638. The molecule has 4 heteroatoms. The number of halogens is 1. The largest absolute Gasteiger partial charge is 0.376 e. The summed E-state index contributed by atoms with van der Waals surface area (Å²) >= 11 is 0. The highest BCUT2D eigenvalue weighted by Crippen LogP contribution is 2.23. The number of rotatable bonds is 5. The Labute approximate surface area is 124 Å². The number of amides is 1. The van der Waals surface area contributed by atoms with Crippen molar-refractivity contribution in [2.24, 2.45) is 5.73 Å². The van der Waals surface area contributed by atoms with Crippen molar-refractivity contribution < 1.29 is 9.18 Å². The fraction of sp³-hybridized carbons (Fsp3) is 0.235. The second kappa shape index (κ2) is 6.39. The molecule has 0 saturated heterocycles. The maximum Gasteiger partial charge on any atom is 0.248 e. The number of aryl methyl sites for hydroxylation is 1. The Balaban J connectivity index is 2.19. The van der Waals surface area contributed by atoms with Gasteiger partial charge in [0, 0.05) is 11.6 Å². The molecule has 0 radical (unpaired) electrons. The summed E-state index contributed by atoms with van der Waals surface area (Å²) in [5.41, 5.74) is 8.09. The molecule has 1 unspecified atom stereocenters. The number of hydrogen-bond acceptors (Lipinski definition) is 2. The van der Waals surface area contributed by atoms with E-state index in [1.165, 1.54) is 23.8 Å². The molecule has 0 aromatic heterocycles. The zero-order valence-electron chi connectivity index (χ0n) is 12.2. The van der Waals surface area contributed by atoms with Gasteiger partial charge >= 0.3 is 0 Å². The normalized spacial score (nSPS) is 12.0. The van der Waals surface area contributed by atoms with Crippen LogP contribution in [-0.2, 0) is 6.42 Å². The molecule has 0 aliphatic heterocycles. The van der Waals surface area contributed by atoms with Crippen LogP contribution in [0.4, 0.5) is 10.1 Å². The van der Waals surface area contributed by atoms with Gasteiger partial charge in [0.1, 0.15) is 5.82 Å². The molecule has 0 heterocycles. The van der Waals surface area contributed by atoms with Gasteiger partial charge in [-0.15, -0.1) is 0 Å². The van der Waals surface area contributed by atoms with Crippen LogP contribution in [0.25, 0.3) is 0 Å². The maximum atomic E-state index is 13.8. The van der Waals surface area contributed by atoms with Crippen LogP contribution in [0, 0.1) is 5.82 Å². The van der Waals surface area contributed by atoms with Gasteiger partial charge in [-0.05, 0) is 42.7 Å². The van der Waals surface area contributed by atoms with Gasteiger partial charge in [-0.2, -0.15) is 0 Å². The van der Waals surface area contributed by atoms with E-state index in [2.05, 4.69) is 24.4 Å². The minimum Gasteiger partial charge on any atom is -0.376 e. The van der Waals surface area contributed by atoms with E-state index in [0.717, 1.165) is 12.0 Å². The quantitative estimate of drug-likeness (QED) is 0.881. The van der Waals surface area contributed by atoms with Crippen LogP contribution >= 0.6 is 0 Å². The first kappa shape index (κ1) is 15.0. The zero-order chi connectivity index (χ0) is 15.4. The molecule has 0 bridgehead atoms. The summed E-state index contributed by atoms with van der Waals surface area (Å²) in [6, 6.07) is 12.1. The van der Waals surface area contributed by atoms with E-state index in [9.17, 15) is 9.18 Å². The van der Waals surface area contributed by atoms with E-state index in [0.29, 0.717) is 0 Å². The van der Waals surface area contributed by atoms with Crippen molar-refractivity contribution in [2.75, 3.05) is 5.32 Å². The predicted octanol–water partition coefficient (Wildman–Crippen LogP) is 3.66. The first-order valence-electron chi connectivity index (χ1n) is 6.96. The number of carbonyl (C=O) groups excluding carboxylic acids is 1. The minimum atomic E-state index is -0.571. The zero-order valence-corrected chi connectivity index (χ0v) is 12.2. The van der Waals surface area contributed by atoms with E-state index in [1.807, 2.05) is 19.1 Å². The number of anilines is 1. The van der Waals surface area contributed by atoms with E-state index < -0.39 is 11.7 Å². The summed E-state index contributed by atoms with van der Waals surface area (Å²) in [5.74, 6) is -0.977. The molecule has 1 atom stereocenters. The Kier molecular flexibility index (Phi) is 4.58. The molecular weight excluding hydrogens is 267 g/mol. The summed E-state index contributed by atoms with van der Waals surface area (Å²) in [6.07, 6.45) is 0.984. The number of primary amides is 1. The Morgan fingerprint density at radius 3 is 2.48 bits per heavy atom. The average Bonchev–Trinajstić information content (AvgIpc) is 2.49. The third-order valence-electron chi connectivity index (χ3n) is 3.51. The van der Waals surface area contributed by atoms with Crippen LogP contribution in [0.1, 0.15) is 41.4 Å². The fourth-order valence-corrected chi connectivity index (χ4v) is 2.15. The van der Waals surface area contributed by atoms with E-state index in [1.54, 1.807) is 0 Å². The molecule has 0 aliphatic rings. The highest BCUT2D eigenvalue weighted by molar-refractivity contribution is 5.93. The maximum absolute atomic E-state index is 13.8. The van der Waals surface area contributed by atoms with E-state index in [-0.39, 0.29) is 17.3 Å². The van der Waals surface area contributed by atoms with Crippen LogP contribution < -0.4 is 11.1 Å². The molecule has 21 heavy (non-hydrogen) atoms. The van der Waals surface area contributed by atoms with Crippen LogP contribution in [0.15, 0.2) is 42.5 Å². The fourth-order valence-electron chi connectivity index (χ4n) is 2.15. The first-order chi connectivity index (χ1) is 10.0. The number of carbonyl (C=O) groups is 1. The van der Waals surface area contributed by atoms with Gasteiger partial charge in [-0.25, -0.2) is 4.39 Å². The number of nitrogens with two attached hydrogens (primary N) is 1. The molecule has 2 rings (SSSR count). The third-order valence-corrected chi connectivity index (χ3v) is 3.51. The van der Waals surface area contributed by atoms with Crippen LogP contribution in [-0.4, -0.2) is 5.91 Å². The monoisotopic (exact) mass is 286 g/mol. The lowest BCUT2D eigenvalue weighted by molar-refractivity contribution is 0.100. The second-order valence-corrected chi connectivity index (χ2v) is 5.02. The van der Waals surface area contributed by atoms with E-state index >= 15 is 0 Å². The summed E-state index contributed by atoms with van der Waals surface area (Å²) in [5, 5.41) is 3.08. The van der Waals surface area contributed by atoms with E-state index in [4.69, 9.17) is 5.73 Å². The van der Waals surface area contributed by atoms with Crippen LogP contribution in [0.3, 0.4) is 0 Å². The van der Waals surface area contributed by atoms with Crippen molar-refractivity contribution in [1.29, 1.82) is 0 Å². The molecule has 0 saturated carbocycles. The standard InChI is InChI=1S/C17H19FN2O/c1-3-12-4-6-13(7-5-12)11(2)20-16-10-14(17(19)21)8-9-15(16)18/h4-11,20H,3H2,1-2H3,(H2,19,21). The van der Waals surface area contributed by atoms with Gasteiger partial charge < -0.3 is 11.1 Å². The Hall–Kier alpha value is -2.36. The number of nitrogens with one attached hydrogen (secondary N) is 1. The molecule has 1 amide bonds. The second-order valence-electron chi connectivity index (χ2n) is 5.02. The summed E-state index contributed by atoms with van der Waals surface area (Å²) in [7, 11) is 0. The highest BCUT2D eigenvalue weighted by Gasteiger charge is 2.11. The van der Waals surface area contributed by atoms with Gasteiger partial charge in [0.05, 0.1) is 5.69 Å². The van der Waals surface area contributed by atoms with Gasteiger partial charge in [-0.3, -0.25) is 4.79 Å². The molecule has 2 aromatic carbocycles. The van der Waals surface area contributed by atoms with Crippen molar-refractivity contribution in [3.8, 4) is 0 Å². The summed E-state index contributed by atoms with van der Waals surface area (Å²) < 4.78 is 13.8. The average molecular weight is 286 g/mol. The molecule has 0 fully saturated rings. The van der Waals surface area contributed by atoms with Gasteiger partial charge in [0.15, 0.2) is 0 Å². The van der Waals surface area contributed by atoms with Crippen LogP contribution in [0.2, 0.25) is 0 Å². The topological polar surface area (TPSA) is 55.1 Å². The van der Waals surface area contributed by atoms with Crippen molar-refractivity contribution in [1.82, 2.24) is 0 Å². The van der Waals surface area contributed by atoms with Crippen molar-refractivity contribution in [3.05, 3.63) is 65.0 Å². The number of hydrogen-bond donors (Lipinski definition) is 2. The third kappa shape index (κ3) is 3.60. The molecule has 0 aliphatic carbocycles. The summed E-state index contributed by atoms with van der Waals surface area (Å²) in [4.78, 5) is 11.2. The molecular formula is C17H19FN2O. The lowest BCUT2D eigenvalue weighted by Gasteiger charge is -2.17. The predicted molar refractivity (Wildman–Crippen MR) is 82.8 cm³/mol. The molecule has 0 spiro atoms. The van der Waals surface area contributed by atoms with Crippen molar-refractivity contribution in [3.63, 3.8) is 0 Å². The minimum absolute atomic E-state index is 0.0754. The van der Waals surface area contributed by atoms with Crippen molar-refractivity contribution in [2.45, 2.75) is 26.3 Å². The SMILES string of the molecule is CCc1ccc(C(C)Nc2cc(C(N)=O)ccc2F)cc1. The molecule has 2 aromatic rings. The van der Waals surface area contributed by atoms with Crippen molar-refractivity contribution >= 4 is 11.6 Å². The smallest absolute Gasteiger partial charge is 0.248 e. The van der Waals surface area contributed by atoms with Gasteiger partial charge in [0.25, 0.3) is 0 Å². The Morgan fingerprint density at radius 2 is 1.90 bits per heavy atom. The highest BCUT2D eigenvalue weighted by atomic mass is 19.1. The molecule has 110 valence electrons. The molecule has 3 N–H and O–H groups in total.